The molecule has 0 radical (unpaired) electrons. The van der Waals surface area contributed by atoms with Crippen LogP contribution in [0.25, 0.3) is 5.65 Å². The molecular formula is C18H28IN5. The number of pyridine rings is 1. The van der Waals surface area contributed by atoms with E-state index in [1.165, 1.54) is 5.56 Å². The number of nitrogens with one attached hydrogen (secondary N) is 1. The van der Waals surface area contributed by atoms with Crippen molar-refractivity contribution in [2.24, 2.45) is 4.99 Å². The smallest absolute Gasteiger partial charge is 0.193 e. The van der Waals surface area contributed by atoms with Crippen molar-refractivity contribution in [1.29, 1.82) is 0 Å². The molecule has 0 saturated carbocycles. The number of aromatic nitrogens is 2. The summed E-state index contributed by atoms with van der Waals surface area (Å²) in [5.41, 5.74) is 3.33. The first-order chi connectivity index (χ1) is 11.2. The summed E-state index contributed by atoms with van der Waals surface area (Å²) in [6.07, 6.45) is 9.09. The van der Waals surface area contributed by atoms with E-state index < -0.39 is 0 Å². The van der Waals surface area contributed by atoms with Crippen LogP contribution >= 0.6 is 24.0 Å². The topological polar surface area (TPSA) is 44.9 Å². The van der Waals surface area contributed by atoms with Crippen LogP contribution in [0, 0.1) is 6.92 Å². The predicted molar refractivity (Wildman–Crippen MR) is 112 cm³/mol. The maximum Gasteiger partial charge on any atom is 0.193 e. The molecule has 132 valence electrons. The summed E-state index contributed by atoms with van der Waals surface area (Å²) in [7, 11) is 3.88. The van der Waals surface area contributed by atoms with E-state index in [1.807, 2.05) is 25.4 Å². The molecule has 0 fully saturated rings. The van der Waals surface area contributed by atoms with Gasteiger partial charge in [-0.2, -0.15) is 0 Å². The molecule has 0 aliphatic heterocycles. The molecule has 6 heteroatoms. The number of guanidine groups is 1. The largest absolute Gasteiger partial charge is 0.356 e. The minimum Gasteiger partial charge on any atom is -0.356 e. The molecule has 0 spiro atoms. The first kappa shape index (κ1) is 20.5. The van der Waals surface area contributed by atoms with Crippen molar-refractivity contribution in [3.63, 3.8) is 0 Å². The Balaban J connectivity index is 0.00000288. The molecular weight excluding hydrogens is 413 g/mol. The van der Waals surface area contributed by atoms with Crippen LogP contribution in [0.3, 0.4) is 0 Å². The maximum atomic E-state index is 4.70. The van der Waals surface area contributed by atoms with E-state index in [1.54, 1.807) is 0 Å². The lowest BCUT2D eigenvalue weighted by Gasteiger charge is -2.21. The van der Waals surface area contributed by atoms with Crippen molar-refractivity contribution in [2.45, 2.75) is 26.2 Å². The Bertz CT molecular complexity index is 677. The van der Waals surface area contributed by atoms with Crippen LogP contribution in [0.4, 0.5) is 0 Å². The third kappa shape index (κ3) is 5.51. The molecule has 2 aromatic rings. The van der Waals surface area contributed by atoms with Crippen molar-refractivity contribution < 1.29 is 0 Å². The fourth-order valence-corrected chi connectivity index (χ4v) is 2.59. The molecule has 0 unspecified atom stereocenters. The van der Waals surface area contributed by atoms with Gasteiger partial charge in [-0.1, -0.05) is 12.1 Å². The number of hydrogen-bond donors (Lipinski definition) is 1. The number of imidazole rings is 1. The van der Waals surface area contributed by atoms with Gasteiger partial charge in [-0.3, -0.25) is 4.99 Å². The quantitative estimate of drug-likeness (QED) is 0.236. The van der Waals surface area contributed by atoms with Crippen molar-refractivity contribution in [3.05, 3.63) is 48.4 Å². The van der Waals surface area contributed by atoms with E-state index >= 15 is 0 Å². The lowest BCUT2D eigenvalue weighted by Crippen LogP contribution is -2.40. The molecule has 1 N–H and O–H groups in total. The highest BCUT2D eigenvalue weighted by atomic mass is 127. The van der Waals surface area contributed by atoms with Gasteiger partial charge in [0, 0.05) is 46.0 Å². The van der Waals surface area contributed by atoms with Crippen LogP contribution < -0.4 is 5.32 Å². The number of hydrogen-bond acceptors (Lipinski definition) is 2. The van der Waals surface area contributed by atoms with Crippen molar-refractivity contribution in [2.75, 3.05) is 27.2 Å². The summed E-state index contributed by atoms with van der Waals surface area (Å²) < 4.78 is 2.08. The van der Waals surface area contributed by atoms with E-state index in [9.17, 15) is 0 Å². The molecule has 0 saturated heterocycles. The molecule has 5 nitrogen and oxygen atoms in total. The molecule has 0 aromatic carbocycles. The average Bonchev–Trinajstić information content (AvgIpc) is 2.96. The van der Waals surface area contributed by atoms with Gasteiger partial charge in [0.1, 0.15) is 5.65 Å². The first-order valence-electron chi connectivity index (χ1n) is 8.11. The third-order valence-corrected chi connectivity index (χ3v) is 3.87. The second-order valence-corrected chi connectivity index (χ2v) is 5.73. The van der Waals surface area contributed by atoms with E-state index in [4.69, 9.17) is 4.98 Å². The highest BCUT2D eigenvalue weighted by Crippen LogP contribution is 2.10. The summed E-state index contributed by atoms with van der Waals surface area (Å²) in [5, 5.41) is 3.40. The zero-order valence-electron chi connectivity index (χ0n) is 14.8. The summed E-state index contributed by atoms with van der Waals surface area (Å²) in [6.45, 7) is 7.64. The maximum absolute atomic E-state index is 4.70. The molecule has 0 amide bonds. The zero-order chi connectivity index (χ0) is 16.7. The molecule has 24 heavy (non-hydrogen) atoms. The number of nitrogens with zero attached hydrogens (tertiary/aromatic N) is 4. The van der Waals surface area contributed by atoms with Crippen molar-refractivity contribution >= 4 is 35.6 Å². The summed E-state index contributed by atoms with van der Waals surface area (Å²) in [5.74, 6) is 0.925. The Morgan fingerprint density at radius 2 is 2.29 bits per heavy atom. The highest BCUT2D eigenvalue weighted by molar-refractivity contribution is 14.0. The lowest BCUT2D eigenvalue weighted by molar-refractivity contribution is 0.470. The minimum atomic E-state index is 0. The van der Waals surface area contributed by atoms with Gasteiger partial charge in [0.25, 0.3) is 0 Å². The Labute approximate surface area is 161 Å². The van der Waals surface area contributed by atoms with Crippen LogP contribution in [0.2, 0.25) is 0 Å². The standard InChI is InChI=1S/C18H27N5.HI/c1-5-6-7-12-22(4)18(19-3)20-11-10-16-14-23-13-8-9-15(2)17(23)21-16;/h5,8-9,13-14H,1,6-7,10-12H2,2-4H3,(H,19,20);1H. The van der Waals surface area contributed by atoms with Crippen molar-refractivity contribution in [3.8, 4) is 0 Å². The number of rotatable bonds is 7. The van der Waals surface area contributed by atoms with Gasteiger partial charge in [0.05, 0.1) is 5.69 Å². The van der Waals surface area contributed by atoms with E-state index in [0.717, 1.165) is 49.7 Å². The molecule has 2 heterocycles. The number of halogens is 1. The summed E-state index contributed by atoms with van der Waals surface area (Å²) in [6, 6.07) is 4.14. The summed E-state index contributed by atoms with van der Waals surface area (Å²) in [4.78, 5) is 11.2. The Morgan fingerprint density at radius 1 is 1.50 bits per heavy atom. The first-order valence-corrected chi connectivity index (χ1v) is 8.11. The minimum absolute atomic E-state index is 0. The van der Waals surface area contributed by atoms with Crippen LogP contribution in [0.15, 0.2) is 42.2 Å². The fraction of sp³-hybridized carbons (Fsp3) is 0.444. The second kappa shape index (κ2) is 10.3. The molecule has 0 bridgehead atoms. The van der Waals surface area contributed by atoms with E-state index in [2.05, 4.69) is 52.4 Å². The van der Waals surface area contributed by atoms with Gasteiger partial charge < -0.3 is 14.6 Å². The van der Waals surface area contributed by atoms with Crippen LogP contribution in [-0.4, -0.2) is 47.4 Å². The van der Waals surface area contributed by atoms with Gasteiger partial charge in [0.2, 0.25) is 0 Å². The van der Waals surface area contributed by atoms with Gasteiger partial charge in [-0.05, 0) is 31.4 Å². The van der Waals surface area contributed by atoms with Crippen LogP contribution in [0.1, 0.15) is 24.1 Å². The molecule has 0 aliphatic carbocycles. The zero-order valence-corrected chi connectivity index (χ0v) is 17.2. The van der Waals surface area contributed by atoms with E-state index in [0.29, 0.717) is 0 Å². The van der Waals surface area contributed by atoms with E-state index in [-0.39, 0.29) is 24.0 Å². The van der Waals surface area contributed by atoms with Crippen LogP contribution in [0.5, 0.6) is 0 Å². The SMILES string of the molecule is C=CCCCN(C)C(=NC)NCCc1cn2cccc(C)c2n1.I. The lowest BCUT2D eigenvalue weighted by atomic mass is 10.3. The number of aryl methyl sites for hydroxylation is 1. The number of unbranched alkanes of at least 4 members (excludes halogenated alkanes) is 1. The highest BCUT2D eigenvalue weighted by Gasteiger charge is 2.06. The van der Waals surface area contributed by atoms with Gasteiger partial charge in [0.15, 0.2) is 5.96 Å². The summed E-state index contributed by atoms with van der Waals surface area (Å²) >= 11 is 0. The predicted octanol–water partition coefficient (Wildman–Crippen LogP) is 3.28. The number of fused-ring (bicyclic) bond motifs is 1. The fourth-order valence-electron chi connectivity index (χ4n) is 2.59. The monoisotopic (exact) mass is 441 g/mol. The Morgan fingerprint density at radius 3 is 2.96 bits per heavy atom. The Kier molecular flexibility index (Phi) is 8.81. The van der Waals surface area contributed by atoms with Crippen molar-refractivity contribution in [1.82, 2.24) is 19.6 Å². The average molecular weight is 441 g/mol. The van der Waals surface area contributed by atoms with Gasteiger partial charge in [-0.15, -0.1) is 30.6 Å². The third-order valence-electron chi connectivity index (χ3n) is 3.87. The molecule has 0 atom stereocenters. The Hall–Kier alpha value is -1.57. The number of aliphatic imine (C=N–C) groups is 1. The molecule has 2 rings (SSSR count). The van der Waals surface area contributed by atoms with Gasteiger partial charge >= 0.3 is 0 Å². The normalized spacial score (nSPS) is 11.2. The van der Waals surface area contributed by atoms with Crippen LogP contribution in [-0.2, 0) is 6.42 Å². The molecule has 0 aliphatic rings. The molecule has 2 aromatic heterocycles. The van der Waals surface area contributed by atoms with Gasteiger partial charge in [-0.25, -0.2) is 4.98 Å². The number of allylic oxidation sites excluding steroid dienone is 1. The second-order valence-electron chi connectivity index (χ2n) is 5.73.